The molecule has 0 radical (unpaired) electrons. The van der Waals surface area contributed by atoms with Gasteiger partial charge in [-0.1, -0.05) is 24.3 Å². The van der Waals surface area contributed by atoms with Crippen LogP contribution in [-0.4, -0.2) is 31.4 Å². The summed E-state index contributed by atoms with van der Waals surface area (Å²) in [7, 11) is 2.00. The lowest BCUT2D eigenvalue weighted by molar-refractivity contribution is -0.105. The van der Waals surface area contributed by atoms with Crippen molar-refractivity contribution in [1.82, 2.24) is 10.2 Å². The van der Waals surface area contributed by atoms with Crippen LogP contribution in [0.1, 0.15) is 35.4 Å². The van der Waals surface area contributed by atoms with Gasteiger partial charge in [0, 0.05) is 24.3 Å². The summed E-state index contributed by atoms with van der Waals surface area (Å²) < 4.78 is 13.0. The van der Waals surface area contributed by atoms with Crippen LogP contribution in [0.5, 0.6) is 0 Å². The number of carbonyl (C=O) groups is 1. The maximum absolute atomic E-state index is 13.0. The minimum atomic E-state index is -0.0631. The number of rotatable bonds is 3. The van der Waals surface area contributed by atoms with E-state index in [2.05, 4.69) is 27.7 Å². The molecule has 1 saturated heterocycles. The van der Waals surface area contributed by atoms with Gasteiger partial charge in [-0.2, -0.15) is 0 Å². The molecule has 2 aliphatic heterocycles. The van der Waals surface area contributed by atoms with Gasteiger partial charge in [-0.05, 0) is 68.2 Å². The molecule has 1 fully saturated rings. The summed E-state index contributed by atoms with van der Waals surface area (Å²) in [5.74, 6) is 0.614. The van der Waals surface area contributed by atoms with Gasteiger partial charge in [0.2, 0.25) is 6.41 Å². The predicted octanol–water partition coefficient (Wildman–Crippen LogP) is 3.49. The van der Waals surface area contributed by atoms with E-state index in [-0.39, 0.29) is 5.82 Å². The first-order valence-electron chi connectivity index (χ1n) is 9.13. The topological polar surface area (TPSA) is 44.4 Å². The molecule has 1 amide bonds. The van der Waals surface area contributed by atoms with Crippen molar-refractivity contribution in [2.24, 2.45) is 0 Å². The van der Waals surface area contributed by atoms with Gasteiger partial charge in [-0.25, -0.2) is 4.39 Å². The van der Waals surface area contributed by atoms with Crippen LogP contribution < -0.4 is 10.6 Å². The van der Waals surface area contributed by atoms with Crippen LogP contribution in [0.3, 0.4) is 0 Å². The molecule has 0 atom stereocenters. The van der Waals surface area contributed by atoms with Crippen molar-refractivity contribution >= 4 is 12.1 Å². The van der Waals surface area contributed by atoms with E-state index in [9.17, 15) is 9.18 Å². The fourth-order valence-electron chi connectivity index (χ4n) is 3.62. The summed E-state index contributed by atoms with van der Waals surface area (Å²) in [5.41, 5.74) is 4.25. The van der Waals surface area contributed by atoms with E-state index in [4.69, 9.17) is 0 Å². The molecular formula is C21H26FN3O. The third kappa shape index (κ3) is 4.68. The van der Waals surface area contributed by atoms with Crippen molar-refractivity contribution in [1.29, 1.82) is 0 Å². The van der Waals surface area contributed by atoms with Gasteiger partial charge in [-0.3, -0.25) is 9.69 Å². The molecule has 0 spiro atoms. The SMILES string of the molecule is CN1Cc2cccc(F)c2C1.O=CNc1ccc(C2CCNCC2)cc1. The third-order valence-corrected chi connectivity index (χ3v) is 5.03. The van der Waals surface area contributed by atoms with Crippen molar-refractivity contribution in [3.8, 4) is 0 Å². The zero-order valence-electron chi connectivity index (χ0n) is 15.2. The molecule has 4 nitrogen and oxygen atoms in total. The predicted molar refractivity (Wildman–Crippen MR) is 103 cm³/mol. The van der Waals surface area contributed by atoms with Crippen molar-refractivity contribution in [3.05, 3.63) is 65.0 Å². The first-order chi connectivity index (χ1) is 12.7. The van der Waals surface area contributed by atoms with E-state index in [1.807, 2.05) is 25.2 Å². The van der Waals surface area contributed by atoms with Crippen molar-refractivity contribution in [2.45, 2.75) is 31.8 Å². The minimum Gasteiger partial charge on any atom is -0.329 e. The number of hydrogen-bond acceptors (Lipinski definition) is 3. The Balaban J connectivity index is 0.000000158. The summed E-state index contributed by atoms with van der Waals surface area (Å²) in [5, 5.41) is 6.00. The Morgan fingerprint density at radius 3 is 2.50 bits per heavy atom. The molecule has 26 heavy (non-hydrogen) atoms. The lowest BCUT2D eigenvalue weighted by Crippen LogP contribution is -2.26. The second kappa shape index (κ2) is 8.92. The molecule has 2 aromatic rings. The van der Waals surface area contributed by atoms with E-state index < -0.39 is 0 Å². The van der Waals surface area contributed by atoms with Crippen LogP contribution in [-0.2, 0) is 17.9 Å². The molecule has 0 aromatic heterocycles. The third-order valence-electron chi connectivity index (χ3n) is 5.03. The van der Waals surface area contributed by atoms with Crippen LogP contribution in [0.15, 0.2) is 42.5 Å². The minimum absolute atomic E-state index is 0.0631. The first-order valence-corrected chi connectivity index (χ1v) is 9.13. The number of piperidine rings is 1. The maximum atomic E-state index is 13.0. The van der Waals surface area contributed by atoms with Gasteiger partial charge in [0.1, 0.15) is 5.82 Å². The fourth-order valence-corrected chi connectivity index (χ4v) is 3.62. The molecule has 0 saturated carbocycles. The van der Waals surface area contributed by atoms with Crippen molar-refractivity contribution < 1.29 is 9.18 Å². The van der Waals surface area contributed by atoms with Crippen LogP contribution in [0, 0.1) is 5.82 Å². The lowest BCUT2D eigenvalue weighted by Gasteiger charge is -2.23. The van der Waals surface area contributed by atoms with Gasteiger partial charge in [0.15, 0.2) is 0 Å². The highest BCUT2D eigenvalue weighted by molar-refractivity contribution is 5.71. The molecular weight excluding hydrogens is 329 g/mol. The van der Waals surface area contributed by atoms with Crippen LogP contribution >= 0.6 is 0 Å². The number of anilines is 1. The zero-order chi connectivity index (χ0) is 18.4. The summed E-state index contributed by atoms with van der Waals surface area (Å²) in [6.45, 7) is 3.85. The zero-order valence-corrected chi connectivity index (χ0v) is 15.2. The average Bonchev–Trinajstić information content (AvgIpc) is 3.06. The Kier molecular flexibility index (Phi) is 6.36. The molecule has 138 valence electrons. The second-order valence-corrected chi connectivity index (χ2v) is 6.96. The smallest absolute Gasteiger partial charge is 0.211 e. The maximum Gasteiger partial charge on any atom is 0.211 e. The Labute approximate surface area is 154 Å². The van der Waals surface area contributed by atoms with E-state index in [1.165, 1.54) is 24.5 Å². The number of halogens is 1. The largest absolute Gasteiger partial charge is 0.329 e. The van der Waals surface area contributed by atoms with Crippen LogP contribution in [0.25, 0.3) is 0 Å². The van der Waals surface area contributed by atoms with E-state index in [0.29, 0.717) is 12.3 Å². The quantitative estimate of drug-likeness (QED) is 0.829. The Morgan fingerprint density at radius 1 is 1.12 bits per heavy atom. The number of nitrogens with one attached hydrogen (secondary N) is 2. The lowest BCUT2D eigenvalue weighted by atomic mass is 9.90. The van der Waals surface area contributed by atoms with Gasteiger partial charge in [0.05, 0.1) is 0 Å². The number of hydrogen-bond donors (Lipinski definition) is 2. The monoisotopic (exact) mass is 355 g/mol. The van der Waals surface area contributed by atoms with Gasteiger partial charge in [0.25, 0.3) is 0 Å². The van der Waals surface area contributed by atoms with E-state index >= 15 is 0 Å². The molecule has 4 rings (SSSR count). The fraction of sp³-hybridized carbons (Fsp3) is 0.381. The van der Waals surface area contributed by atoms with Crippen molar-refractivity contribution in [3.63, 3.8) is 0 Å². The molecule has 2 aliphatic rings. The molecule has 2 N–H and O–H groups in total. The standard InChI is InChI=1S/C12H16N2O.C9H10FN/c15-9-14-12-3-1-10(2-4-12)11-5-7-13-8-6-11;1-11-5-7-3-2-4-9(10)8(7)6-11/h1-4,9,11,13H,5-8H2,(H,14,15);2-4H,5-6H2,1H3. The summed E-state index contributed by atoms with van der Waals surface area (Å²) >= 11 is 0. The summed E-state index contributed by atoms with van der Waals surface area (Å²) in [4.78, 5) is 12.3. The van der Waals surface area contributed by atoms with Gasteiger partial charge in [-0.15, -0.1) is 0 Å². The number of amides is 1. The summed E-state index contributed by atoms with van der Waals surface area (Å²) in [6.07, 6.45) is 3.13. The molecule has 2 heterocycles. The van der Waals surface area contributed by atoms with E-state index in [1.54, 1.807) is 6.07 Å². The highest BCUT2D eigenvalue weighted by Gasteiger charge is 2.18. The molecule has 0 unspecified atom stereocenters. The molecule has 0 bridgehead atoms. The Morgan fingerprint density at radius 2 is 1.85 bits per heavy atom. The van der Waals surface area contributed by atoms with Gasteiger partial charge < -0.3 is 10.6 Å². The Hall–Kier alpha value is -2.24. The van der Waals surface area contributed by atoms with E-state index in [0.717, 1.165) is 43.0 Å². The van der Waals surface area contributed by atoms with Crippen molar-refractivity contribution in [2.75, 3.05) is 25.5 Å². The number of fused-ring (bicyclic) bond motifs is 1. The average molecular weight is 355 g/mol. The molecule has 0 aliphatic carbocycles. The molecule has 5 heteroatoms. The Bertz CT molecular complexity index is 727. The first kappa shape index (κ1) is 18.5. The molecule has 2 aromatic carbocycles. The number of benzene rings is 2. The second-order valence-electron chi connectivity index (χ2n) is 6.96. The number of carbonyl (C=O) groups excluding carboxylic acids is 1. The summed E-state index contributed by atoms with van der Waals surface area (Å²) in [6, 6.07) is 13.4. The highest BCUT2D eigenvalue weighted by atomic mass is 19.1. The van der Waals surface area contributed by atoms with Crippen LogP contribution in [0.2, 0.25) is 0 Å². The van der Waals surface area contributed by atoms with Crippen LogP contribution in [0.4, 0.5) is 10.1 Å². The highest BCUT2D eigenvalue weighted by Crippen LogP contribution is 2.26. The van der Waals surface area contributed by atoms with Gasteiger partial charge >= 0.3 is 0 Å². The number of nitrogens with zero attached hydrogens (tertiary/aromatic N) is 1. The normalized spacial score (nSPS) is 17.2.